The molecular formula is C18H19NO2S. The first-order valence-electron chi connectivity index (χ1n) is 7.29. The van der Waals surface area contributed by atoms with Crippen LogP contribution in [0.25, 0.3) is 0 Å². The summed E-state index contributed by atoms with van der Waals surface area (Å²) in [5.74, 6) is -0.769. The van der Waals surface area contributed by atoms with E-state index in [-0.39, 0.29) is 17.1 Å². The van der Waals surface area contributed by atoms with Crippen molar-refractivity contribution < 1.29 is 9.59 Å². The molecule has 0 aromatic heterocycles. The Morgan fingerprint density at radius 2 is 1.86 bits per heavy atom. The van der Waals surface area contributed by atoms with E-state index in [1.807, 2.05) is 12.1 Å². The van der Waals surface area contributed by atoms with E-state index < -0.39 is 5.91 Å². The van der Waals surface area contributed by atoms with Gasteiger partial charge >= 0.3 is 0 Å². The van der Waals surface area contributed by atoms with Gasteiger partial charge in [0.25, 0.3) is 11.8 Å². The van der Waals surface area contributed by atoms with E-state index in [2.05, 4.69) is 31.9 Å². The minimum absolute atomic E-state index is 0.188. The highest BCUT2D eigenvalue weighted by Gasteiger charge is 2.40. The summed E-state index contributed by atoms with van der Waals surface area (Å²) in [6.45, 7) is 7.33. The van der Waals surface area contributed by atoms with Crippen LogP contribution < -0.4 is 4.90 Å². The normalized spacial score (nSPS) is 17.0. The average Bonchev–Trinajstić information content (AvgIpc) is 2.76. The van der Waals surface area contributed by atoms with E-state index in [0.717, 1.165) is 24.2 Å². The zero-order valence-corrected chi connectivity index (χ0v) is 13.7. The number of carbonyl (C=O) groups is 2. The van der Waals surface area contributed by atoms with Crippen molar-refractivity contribution in [1.82, 2.24) is 0 Å². The van der Waals surface area contributed by atoms with Gasteiger partial charge in [0.05, 0.1) is 16.8 Å². The Hall–Kier alpha value is -2.03. The molecule has 0 unspecified atom stereocenters. The highest BCUT2D eigenvalue weighted by molar-refractivity contribution is 7.84. The van der Waals surface area contributed by atoms with Crippen molar-refractivity contribution in [2.75, 3.05) is 4.90 Å². The summed E-state index contributed by atoms with van der Waals surface area (Å²) >= 11 is 4.21. The van der Waals surface area contributed by atoms with Gasteiger partial charge in [0.15, 0.2) is 0 Å². The second kappa shape index (κ2) is 6.82. The fourth-order valence-corrected chi connectivity index (χ4v) is 2.66. The number of imide groups is 1. The molecular weight excluding hydrogens is 294 g/mol. The number of benzene rings is 1. The van der Waals surface area contributed by atoms with Gasteiger partial charge in [0.2, 0.25) is 0 Å². The van der Waals surface area contributed by atoms with Crippen LogP contribution in [-0.2, 0) is 16.0 Å². The van der Waals surface area contributed by atoms with Crippen molar-refractivity contribution in [2.45, 2.75) is 33.1 Å². The van der Waals surface area contributed by atoms with Crippen molar-refractivity contribution >= 4 is 30.1 Å². The maximum atomic E-state index is 12.5. The topological polar surface area (TPSA) is 37.4 Å². The molecule has 22 heavy (non-hydrogen) atoms. The van der Waals surface area contributed by atoms with Gasteiger partial charge in [0.1, 0.15) is 0 Å². The molecule has 1 aliphatic heterocycles. The number of thiol groups is 1. The molecule has 0 radical (unpaired) electrons. The fraction of sp³-hybridized carbons (Fsp3) is 0.278. The van der Waals surface area contributed by atoms with Crippen LogP contribution in [0.5, 0.6) is 0 Å². The summed E-state index contributed by atoms with van der Waals surface area (Å²) in [6, 6.07) is 7.52. The number of carbonyl (C=O) groups excluding carboxylic acids is 2. The van der Waals surface area contributed by atoms with E-state index in [1.54, 1.807) is 19.1 Å². The molecule has 1 aliphatic rings. The molecule has 0 N–H and O–H groups in total. The zero-order chi connectivity index (χ0) is 16.3. The molecule has 2 amide bonds. The summed E-state index contributed by atoms with van der Waals surface area (Å²) in [5.41, 5.74) is 4.79. The summed E-state index contributed by atoms with van der Waals surface area (Å²) < 4.78 is 0. The summed E-state index contributed by atoms with van der Waals surface area (Å²) in [5, 5.41) is 0. The monoisotopic (exact) mass is 313 g/mol. The lowest BCUT2D eigenvalue weighted by molar-refractivity contribution is -0.119. The molecule has 114 valence electrons. The van der Waals surface area contributed by atoms with Gasteiger partial charge in [-0.05, 0) is 42.4 Å². The third-order valence-electron chi connectivity index (χ3n) is 3.64. The molecule has 1 saturated heterocycles. The zero-order valence-electron chi connectivity index (χ0n) is 12.8. The quantitative estimate of drug-likeness (QED) is 0.397. The number of amides is 2. The van der Waals surface area contributed by atoms with Crippen molar-refractivity contribution in [3.05, 3.63) is 58.2 Å². The first kappa shape index (κ1) is 16.3. The van der Waals surface area contributed by atoms with Crippen molar-refractivity contribution in [2.24, 2.45) is 0 Å². The maximum Gasteiger partial charge on any atom is 0.273 e. The molecule has 1 heterocycles. The van der Waals surface area contributed by atoms with Gasteiger partial charge in [-0.15, -0.1) is 18.4 Å². The lowest BCUT2D eigenvalue weighted by Crippen LogP contribution is -2.29. The van der Waals surface area contributed by atoms with Crippen LogP contribution in [0.15, 0.2) is 52.6 Å². The second-order valence-corrected chi connectivity index (χ2v) is 5.90. The molecule has 3 nitrogen and oxygen atoms in total. The summed E-state index contributed by atoms with van der Waals surface area (Å²) in [7, 11) is 0. The first-order valence-corrected chi connectivity index (χ1v) is 7.74. The maximum absolute atomic E-state index is 12.5. The predicted molar refractivity (Wildman–Crippen MR) is 91.9 cm³/mol. The predicted octanol–water partition coefficient (Wildman–Crippen LogP) is 3.82. The third kappa shape index (κ3) is 2.94. The van der Waals surface area contributed by atoms with Crippen molar-refractivity contribution in [3.63, 3.8) is 0 Å². The number of hydrogen-bond donors (Lipinski definition) is 1. The Kier molecular flexibility index (Phi) is 5.07. The molecule has 1 aromatic rings. The molecule has 0 bridgehead atoms. The van der Waals surface area contributed by atoms with Gasteiger partial charge in [-0.3, -0.25) is 9.59 Å². The molecule has 0 spiro atoms. The van der Waals surface area contributed by atoms with Gasteiger partial charge in [-0.1, -0.05) is 32.1 Å². The SMILES string of the molecule is C=C=C1C(=O)N(c2ccc(CCCC)cc2)C(=O)/C1=C(\C)S. The number of aryl methyl sites for hydroxylation is 1. The summed E-state index contributed by atoms with van der Waals surface area (Å²) in [4.78, 5) is 26.6. The van der Waals surface area contributed by atoms with E-state index in [0.29, 0.717) is 10.6 Å². The van der Waals surface area contributed by atoms with E-state index in [1.165, 1.54) is 5.56 Å². The number of nitrogens with zero attached hydrogens (tertiary/aromatic N) is 1. The Morgan fingerprint density at radius 3 is 2.32 bits per heavy atom. The van der Waals surface area contributed by atoms with E-state index in [9.17, 15) is 9.59 Å². The number of allylic oxidation sites excluding steroid dienone is 1. The largest absolute Gasteiger partial charge is 0.273 e. The Balaban J connectivity index is 2.37. The van der Waals surface area contributed by atoms with Crippen LogP contribution in [0.4, 0.5) is 5.69 Å². The molecule has 1 aromatic carbocycles. The van der Waals surface area contributed by atoms with Crippen LogP contribution in [-0.4, -0.2) is 11.8 Å². The number of rotatable bonds is 4. The molecule has 1 fully saturated rings. The van der Waals surface area contributed by atoms with Gasteiger partial charge in [-0.25, -0.2) is 4.90 Å². The third-order valence-corrected chi connectivity index (χ3v) is 3.86. The van der Waals surface area contributed by atoms with Gasteiger partial charge < -0.3 is 0 Å². The molecule has 0 atom stereocenters. The van der Waals surface area contributed by atoms with Crippen LogP contribution in [0.3, 0.4) is 0 Å². The Morgan fingerprint density at radius 1 is 1.23 bits per heavy atom. The molecule has 4 heteroatoms. The van der Waals surface area contributed by atoms with Gasteiger partial charge in [0, 0.05) is 0 Å². The lowest BCUT2D eigenvalue weighted by Gasteiger charge is -2.13. The first-order chi connectivity index (χ1) is 10.5. The lowest BCUT2D eigenvalue weighted by atomic mass is 10.1. The highest BCUT2D eigenvalue weighted by Crippen LogP contribution is 2.32. The minimum Gasteiger partial charge on any atom is -0.268 e. The average molecular weight is 313 g/mol. The van der Waals surface area contributed by atoms with Crippen LogP contribution >= 0.6 is 12.6 Å². The number of hydrogen-bond acceptors (Lipinski definition) is 3. The Bertz CT molecular complexity index is 690. The van der Waals surface area contributed by atoms with Crippen molar-refractivity contribution in [1.29, 1.82) is 0 Å². The van der Waals surface area contributed by atoms with Crippen LogP contribution in [0.2, 0.25) is 0 Å². The number of anilines is 1. The molecule has 2 rings (SSSR count). The fourth-order valence-electron chi connectivity index (χ4n) is 2.46. The minimum atomic E-state index is -0.398. The Labute approximate surface area is 136 Å². The second-order valence-electron chi connectivity index (χ2n) is 5.23. The van der Waals surface area contributed by atoms with E-state index >= 15 is 0 Å². The van der Waals surface area contributed by atoms with Crippen LogP contribution in [0.1, 0.15) is 32.3 Å². The molecule has 0 saturated carbocycles. The number of unbranched alkanes of at least 4 members (excludes halogenated alkanes) is 1. The van der Waals surface area contributed by atoms with Crippen LogP contribution in [0, 0.1) is 0 Å². The van der Waals surface area contributed by atoms with Crippen molar-refractivity contribution in [3.8, 4) is 0 Å². The standard InChI is InChI=1S/C18H19NO2S/c1-4-6-7-13-8-10-14(11-9-13)19-17(20)15(5-2)16(12(3)22)18(19)21/h8-11,22H,2,4,6-7H2,1,3H3/b16-12+. The highest BCUT2D eigenvalue weighted by atomic mass is 32.1. The smallest absolute Gasteiger partial charge is 0.268 e. The van der Waals surface area contributed by atoms with E-state index in [4.69, 9.17) is 0 Å². The van der Waals surface area contributed by atoms with Gasteiger partial charge in [-0.2, -0.15) is 0 Å². The molecule has 0 aliphatic carbocycles. The summed E-state index contributed by atoms with van der Waals surface area (Å²) in [6.07, 6.45) is 3.25.